The van der Waals surface area contributed by atoms with Crippen molar-refractivity contribution in [3.05, 3.63) is 70.3 Å². The first kappa shape index (κ1) is 20.9. The number of piperazine rings is 1. The van der Waals surface area contributed by atoms with Gasteiger partial charge in [0.2, 0.25) is 10.0 Å². The maximum absolute atomic E-state index is 12.8. The average Bonchev–Trinajstić information content (AvgIpc) is 3.24. The van der Waals surface area contributed by atoms with Gasteiger partial charge >= 0.3 is 0 Å². The van der Waals surface area contributed by atoms with Crippen LogP contribution in [0.15, 0.2) is 64.0 Å². The molecule has 0 aliphatic carbocycles. The number of rotatable bonds is 4. The summed E-state index contributed by atoms with van der Waals surface area (Å²) in [6.07, 6.45) is 0. The van der Waals surface area contributed by atoms with Crippen LogP contribution in [0, 0.1) is 0 Å². The molecule has 0 atom stereocenters. The van der Waals surface area contributed by atoms with Gasteiger partial charge in [0.1, 0.15) is 0 Å². The Kier molecular flexibility index (Phi) is 5.84. The molecule has 0 spiro atoms. The van der Waals surface area contributed by atoms with E-state index >= 15 is 0 Å². The molecule has 156 valence electrons. The van der Waals surface area contributed by atoms with E-state index in [2.05, 4.69) is 5.16 Å². The van der Waals surface area contributed by atoms with E-state index in [9.17, 15) is 13.2 Å². The lowest BCUT2D eigenvalue weighted by Crippen LogP contribution is -2.50. The third-order valence-electron chi connectivity index (χ3n) is 4.82. The van der Waals surface area contributed by atoms with Crippen molar-refractivity contribution < 1.29 is 17.7 Å². The summed E-state index contributed by atoms with van der Waals surface area (Å²) in [4.78, 5) is 14.5. The highest BCUT2D eigenvalue weighted by Crippen LogP contribution is 2.24. The highest BCUT2D eigenvalue weighted by atomic mass is 35.5. The van der Waals surface area contributed by atoms with Crippen molar-refractivity contribution >= 4 is 39.1 Å². The third-order valence-corrected chi connectivity index (χ3v) is 7.20. The second-order valence-electron chi connectivity index (χ2n) is 6.74. The fourth-order valence-electron chi connectivity index (χ4n) is 3.20. The van der Waals surface area contributed by atoms with Crippen LogP contribution in [0.5, 0.6) is 0 Å². The zero-order chi connectivity index (χ0) is 21.3. The molecule has 1 amide bonds. The Hall–Kier alpha value is -2.39. The van der Waals surface area contributed by atoms with Crippen molar-refractivity contribution in [2.24, 2.45) is 0 Å². The van der Waals surface area contributed by atoms with Gasteiger partial charge < -0.3 is 9.42 Å². The van der Waals surface area contributed by atoms with E-state index in [4.69, 9.17) is 27.7 Å². The van der Waals surface area contributed by atoms with Gasteiger partial charge in [-0.05, 0) is 42.5 Å². The Morgan fingerprint density at radius 1 is 0.933 bits per heavy atom. The second kappa shape index (κ2) is 8.39. The van der Waals surface area contributed by atoms with Gasteiger partial charge in [0, 0.05) is 47.9 Å². The van der Waals surface area contributed by atoms with Gasteiger partial charge in [-0.15, -0.1) is 0 Å². The number of carbonyl (C=O) groups is 1. The predicted octanol–water partition coefficient (Wildman–Crippen LogP) is 3.80. The van der Waals surface area contributed by atoms with Crippen LogP contribution in [0.2, 0.25) is 10.0 Å². The number of halogens is 2. The number of nitrogens with zero attached hydrogens (tertiary/aromatic N) is 3. The van der Waals surface area contributed by atoms with Crippen molar-refractivity contribution in [1.82, 2.24) is 14.4 Å². The molecule has 1 saturated heterocycles. The molecule has 1 fully saturated rings. The standard InChI is InChI=1S/C20H17Cl2N3O4S/c21-15-6-4-14(5-7-15)19-13-18(23-29-19)20(26)24-8-10-25(11-9-24)30(27,28)17-3-1-2-16(22)12-17/h1-7,12-13H,8-11H2. The van der Waals surface area contributed by atoms with Crippen LogP contribution in [-0.2, 0) is 10.0 Å². The highest BCUT2D eigenvalue weighted by Gasteiger charge is 2.31. The zero-order valence-electron chi connectivity index (χ0n) is 15.7. The minimum absolute atomic E-state index is 0.138. The molecule has 0 saturated carbocycles. The maximum atomic E-state index is 12.8. The molecule has 0 bridgehead atoms. The minimum atomic E-state index is -3.67. The summed E-state index contributed by atoms with van der Waals surface area (Å²) < 4.78 is 32.2. The summed E-state index contributed by atoms with van der Waals surface area (Å²) in [5, 5.41) is 4.82. The SMILES string of the molecule is O=C(c1cc(-c2ccc(Cl)cc2)on1)N1CCN(S(=O)(=O)c2cccc(Cl)c2)CC1. The van der Waals surface area contributed by atoms with Crippen LogP contribution in [0.4, 0.5) is 0 Å². The molecule has 30 heavy (non-hydrogen) atoms. The van der Waals surface area contributed by atoms with Gasteiger partial charge in [-0.2, -0.15) is 4.31 Å². The van der Waals surface area contributed by atoms with Crippen LogP contribution >= 0.6 is 23.2 Å². The van der Waals surface area contributed by atoms with Crippen molar-refractivity contribution in [3.8, 4) is 11.3 Å². The summed E-state index contributed by atoms with van der Waals surface area (Å²) in [7, 11) is -3.67. The number of benzene rings is 2. The fraction of sp³-hybridized carbons (Fsp3) is 0.200. The molecule has 2 heterocycles. The minimum Gasteiger partial charge on any atom is -0.355 e. The Morgan fingerprint density at radius 3 is 2.30 bits per heavy atom. The largest absolute Gasteiger partial charge is 0.355 e. The highest BCUT2D eigenvalue weighted by molar-refractivity contribution is 7.89. The fourth-order valence-corrected chi connectivity index (χ4v) is 5.05. The molecule has 4 rings (SSSR count). The van der Waals surface area contributed by atoms with E-state index < -0.39 is 10.0 Å². The second-order valence-corrected chi connectivity index (χ2v) is 9.55. The normalized spacial score (nSPS) is 15.3. The van der Waals surface area contributed by atoms with Crippen LogP contribution in [-0.4, -0.2) is 54.9 Å². The zero-order valence-corrected chi connectivity index (χ0v) is 18.0. The van der Waals surface area contributed by atoms with E-state index in [-0.39, 0.29) is 42.7 Å². The van der Waals surface area contributed by atoms with Gasteiger partial charge in [-0.3, -0.25) is 4.79 Å². The predicted molar refractivity (Wildman–Crippen MR) is 113 cm³/mol. The molecule has 10 heteroatoms. The van der Waals surface area contributed by atoms with E-state index in [1.54, 1.807) is 47.4 Å². The van der Waals surface area contributed by atoms with Gasteiger partial charge in [0.05, 0.1) is 4.90 Å². The van der Waals surface area contributed by atoms with Crippen molar-refractivity contribution in [3.63, 3.8) is 0 Å². The smallest absolute Gasteiger partial charge is 0.276 e. The van der Waals surface area contributed by atoms with Crippen molar-refractivity contribution in [2.75, 3.05) is 26.2 Å². The van der Waals surface area contributed by atoms with Crippen LogP contribution in [0.25, 0.3) is 11.3 Å². The summed E-state index contributed by atoms with van der Waals surface area (Å²) >= 11 is 11.8. The number of amides is 1. The molecule has 0 radical (unpaired) electrons. The quantitative estimate of drug-likeness (QED) is 0.584. The number of carbonyl (C=O) groups excluding carboxylic acids is 1. The summed E-state index contributed by atoms with van der Waals surface area (Å²) in [5.41, 5.74) is 0.925. The monoisotopic (exact) mass is 465 g/mol. The first-order valence-corrected chi connectivity index (χ1v) is 11.3. The van der Waals surface area contributed by atoms with E-state index in [1.165, 1.54) is 16.4 Å². The number of aromatic nitrogens is 1. The van der Waals surface area contributed by atoms with Gasteiger partial charge in [0.25, 0.3) is 5.91 Å². The van der Waals surface area contributed by atoms with Crippen molar-refractivity contribution in [1.29, 1.82) is 0 Å². The lowest BCUT2D eigenvalue weighted by atomic mass is 10.1. The van der Waals surface area contributed by atoms with Crippen LogP contribution < -0.4 is 0 Å². The topological polar surface area (TPSA) is 83.7 Å². The Morgan fingerprint density at radius 2 is 1.63 bits per heavy atom. The Bertz CT molecular complexity index is 1170. The van der Waals surface area contributed by atoms with Gasteiger partial charge in [-0.25, -0.2) is 8.42 Å². The summed E-state index contributed by atoms with van der Waals surface area (Å²) in [5.74, 6) is 0.149. The number of hydrogen-bond acceptors (Lipinski definition) is 5. The lowest BCUT2D eigenvalue weighted by molar-refractivity contribution is 0.0687. The van der Waals surface area contributed by atoms with E-state index in [0.717, 1.165) is 5.56 Å². The molecule has 2 aromatic carbocycles. The molecular weight excluding hydrogens is 449 g/mol. The molecule has 1 aromatic heterocycles. The number of hydrogen-bond donors (Lipinski definition) is 0. The lowest BCUT2D eigenvalue weighted by Gasteiger charge is -2.33. The molecule has 0 unspecified atom stereocenters. The first-order chi connectivity index (χ1) is 14.3. The number of sulfonamides is 1. The maximum Gasteiger partial charge on any atom is 0.276 e. The molecule has 0 N–H and O–H groups in total. The molecule has 3 aromatic rings. The van der Waals surface area contributed by atoms with Crippen LogP contribution in [0.3, 0.4) is 0 Å². The summed E-state index contributed by atoms with van der Waals surface area (Å²) in [6.45, 7) is 0.870. The molecular formula is C20H17Cl2N3O4S. The van der Waals surface area contributed by atoms with Gasteiger partial charge in [-0.1, -0.05) is 34.4 Å². The molecule has 1 aliphatic heterocycles. The summed E-state index contributed by atoms with van der Waals surface area (Å²) in [6, 6.07) is 14.7. The molecule has 7 nitrogen and oxygen atoms in total. The Labute approximate surface area is 183 Å². The van der Waals surface area contributed by atoms with Gasteiger partial charge in [0.15, 0.2) is 11.5 Å². The van der Waals surface area contributed by atoms with E-state index in [1.807, 2.05) is 0 Å². The van der Waals surface area contributed by atoms with Crippen molar-refractivity contribution in [2.45, 2.75) is 4.90 Å². The third kappa shape index (κ3) is 4.22. The first-order valence-electron chi connectivity index (χ1n) is 9.12. The van der Waals surface area contributed by atoms with Crippen LogP contribution in [0.1, 0.15) is 10.5 Å². The van der Waals surface area contributed by atoms with E-state index in [0.29, 0.717) is 15.8 Å². The Balaban J connectivity index is 1.43. The average molecular weight is 466 g/mol. The molecule has 1 aliphatic rings.